The first-order chi connectivity index (χ1) is 8.16. The number of carboxylic acids is 1. The molecule has 5 heteroatoms. The molecule has 1 aliphatic rings. The van der Waals surface area contributed by atoms with Crippen molar-refractivity contribution in [2.45, 2.75) is 19.3 Å². The molecule has 0 unspecified atom stereocenters. The lowest BCUT2D eigenvalue weighted by Gasteiger charge is -2.09. The molecule has 2 N–H and O–H groups in total. The van der Waals surface area contributed by atoms with Crippen molar-refractivity contribution >= 4 is 17.7 Å². The highest BCUT2D eigenvalue weighted by molar-refractivity contribution is 5.92. The summed E-state index contributed by atoms with van der Waals surface area (Å²) in [7, 11) is 0. The number of aromatic nitrogens is 1. The standard InChI is InChI=1S/C12H14N2O3/c15-11(14-10-3-1-2-6-13-10)8-4-5-9(7-8)12(16)17/h1-3,6,8-9H,4-5,7H2,(H,16,17)(H,13,14,15)/t8-,9+/m1/s1. The number of pyridine rings is 1. The Morgan fingerprint density at radius 3 is 2.65 bits per heavy atom. The molecule has 5 nitrogen and oxygen atoms in total. The van der Waals surface area contributed by atoms with Gasteiger partial charge < -0.3 is 10.4 Å². The smallest absolute Gasteiger partial charge is 0.306 e. The van der Waals surface area contributed by atoms with Gasteiger partial charge in [-0.25, -0.2) is 4.98 Å². The number of carbonyl (C=O) groups is 2. The van der Waals surface area contributed by atoms with E-state index >= 15 is 0 Å². The number of nitrogens with zero attached hydrogens (tertiary/aromatic N) is 1. The maximum Gasteiger partial charge on any atom is 0.306 e. The molecule has 0 bridgehead atoms. The molecule has 1 aliphatic carbocycles. The molecule has 0 spiro atoms. The highest BCUT2D eigenvalue weighted by atomic mass is 16.4. The molecule has 0 radical (unpaired) electrons. The third kappa shape index (κ3) is 2.81. The predicted molar refractivity (Wildman–Crippen MR) is 61.3 cm³/mol. The monoisotopic (exact) mass is 234 g/mol. The average Bonchev–Trinajstić information content (AvgIpc) is 2.79. The first-order valence-corrected chi connectivity index (χ1v) is 5.61. The molecule has 1 saturated carbocycles. The maximum atomic E-state index is 11.8. The van der Waals surface area contributed by atoms with Crippen LogP contribution in [0.15, 0.2) is 24.4 Å². The fourth-order valence-electron chi connectivity index (χ4n) is 2.11. The van der Waals surface area contributed by atoms with Crippen LogP contribution in [-0.4, -0.2) is 22.0 Å². The lowest BCUT2D eigenvalue weighted by molar-refractivity contribution is -0.141. The summed E-state index contributed by atoms with van der Waals surface area (Å²) in [5, 5.41) is 11.6. The number of rotatable bonds is 3. The van der Waals surface area contributed by atoms with Gasteiger partial charge in [0.2, 0.25) is 5.91 Å². The maximum absolute atomic E-state index is 11.8. The number of hydrogen-bond acceptors (Lipinski definition) is 3. The second-order valence-corrected chi connectivity index (χ2v) is 4.25. The van der Waals surface area contributed by atoms with E-state index in [9.17, 15) is 9.59 Å². The van der Waals surface area contributed by atoms with Gasteiger partial charge in [0.1, 0.15) is 5.82 Å². The summed E-state index contributed by atoms with van der Waals surface area (Å²) in [6, 6.07) is 5.27. The average molecular weight is 234 g/mol. The fourth-order valence-corrected chi connectivity index (χ4v) is 2.11. The van der Waals surface area contributed by atoms with Crippen LogP contribution in [0.3, 0.4) is 0 Å². The molecule has 1 aromatic heterocycles. The van der Waals surface area contributed by atoms with Crippen molar-refractivity contribution in [3.8, 4) is 0 Å². The van der Waals surface area contributed by atoms with Crippen LogP contribution in [0.25, 0.3) is 0 Å². The molecular weight excluding hydrogens is 220 g/mol. The lowest BCUT2D eigenvalue weighted by atomic mass is 10.0. The van der Waals surface area contributed by atoms with Gasteiger partial charge in [-0.05, 0) is 31.4 Å². The molecule has 90 valence electrons. The highest BCUT2D eigenvalue weighted by Crippen LogP contribution is 2.31. The van der Waals surface area contributed by atoms with Gasteiger partial charge in [0.25, 0.3) is 0 Å². The van der Waals surface area contributed by atoms with Crippen molar-refractivity contribution < 1.29 is 14.7 Å². The van der Waals surface area contributed by atoms with Crippen LogP contribution in [0, 0.1) is 11.8 Å². The molecule has 17 heavy (non-hydrogen) atoms. The highest BCUT2D eigenvalue weighted by Gasteiger charge is 2.33. The van der Waals surface area contributed by atoms with E-state index in [-0.39, 0.29) is 17.7 Å². The van der Waals surface area contributed by atoms with Crippen LogP contribution in [0.4, 0.5) is 5.82 Å². The van der Waals surface area contributed by atoms with Crippen molar-refractivity contribution in [2.24, 2.45) is 11.8 Å². The molecule has 0 aliphatic heterocycles. The molecule has 1 fully saturated rings. The van der Waals surface area contributed by atoms with E-state index in [0.29, 0.717) is 25.1 Å². The topological polar surface area (TPSA) is 79.3 Å². The number of carbonyl (C=O) groups excluding carboxylic acids is 1. The van der Waals surface area contributed by atoms with Gasteiger partial charge >= 0.3 is 5.97 Å². The molecule has 0 saturated heterocycles. The number of aliphatic carboxylic acids is 1. The Kier molecular flexibility index (Phi) is 3.37. The summed E-state index contributed by atoms with van der Waals surface area (Å²) >= 11 is 0. The van der Waals surface area contributed by atoms with Crippen LogP contribution in [0.1, 0.15) is 19.3 Å². The summed E-state index contributed by atoms with van der Waals surface area (Å²) < 4.78 is 0. The first kappa shape index (κ1) is 11.6. The summed E-state index contributed by atoms with van der Waals surface area (Å²) in [4.78, 5) is 26.6. The number of carboxylic acid groups (broad SMARTS) is 1. The molecule has 2 rings (SSSR count). The van der Waals surface area contributed by atoms with E-state index in [0.717, 1.165) is 0 Å². The Labute approximate surface area is 98.9 Å². The van der Waals surface area contributed by atoms with E-state index in [4.69, 9.17) is 5.11 Å². The van der Waals surface area contributed by atoms with Crippen LogP contribution in [0.5, 0.6) is 0 Å². The zero-order valence-electron chi connectivity index (χ0n) is 9.30. The molecular formula is C12H14N2O3. The van der Waals surface area contributed by atoms with Crippen molar-refractivity contribution in [1.82, 2.24) is 4.98 Å². The van der Waals surface area contributed by atoms with E-state index in [1.165, 1.54) is 0 Å². The second-order valence-electron chi connectivity index (χ2n) is 4.25. The van der Waals surface area contributed by atoms with Gasteiger partial charge in [-0.3, -0.25) is 9.59 Å². The molecule has 2 atom stereocenters. The van der Waals surface area contributed by atoms with Gasteiger partial charge in [0, 0.05) is 12.1 Å². The lowest BCUT2D eigenvalue weighted by Crippen LogP contribution is -2.22. The molecule has 1 amide bonds. The van der Waals surface area contributed by atoms with Crippen LogP contribution >= 0.6 is 0 Å². The Morgan fingerprint density at radius 1 is 1.29 bits per heavy atom. The third-order valence-electron chi connectivity index (χ3n) is 3.07. The van der Waals surface area contributed by atoms with Gasteiger partial charge in [0.15, 0.2) is 0 Å². The minimum atomic E-state index is -0.807. The quantitative estimate of drug-likeness (QED) is 0.831. The zero-order valence-corrected chi connectivity index (χ0v) is 9.30. The number of anilines is 1. The number of hydrogen-bond donors (Lipinski definition) is 2. The van der Waals surface area contributed by atoms with Gasteiger partial charge in [-0.15, -0.1) is 0 Å². The second kappa shape index (κ2) is 4.95. The largest absolute Gasteiger partial charge is 0.481 e. The van der Waals surface area contributed by atoms with E-state index in [1.54, 1.807) is 24.4 Å². The fraction of sp³-hybridized carbons (Fsp3) is 0.417. The van der Waals surface area contributed by atoms with Gasteiger partial charge in [0.05, 0.1) is 5.92 Å². The summed E-state index contributed by atoms with van der Waals surface area (Å²) in [5.74, 6) is -1.02. The Hall–Kier alpha value is -1.91. The van der Waals surface area contributed by atoms with E-state index < -0.39 is 5.97 Å². The normalized spacial score (nSPS) is 23.3. The summed E-state index contributed by atoms with van der Waals surface area (Å²) in [6.45, 7) is 0. The molecule has 1 aromatic rings. The van der Waals surface area contributed by atoms with Crippen molar-refractivity contribution in [3.05, 3.63) is 24.4 Å². The van der Waals surface area contributed by atoms with E-state index in [2.05, 4.69) is 10.3 Å². The third-order valence-corrected chi connectivity index (χ3v) is 3.07. The Bertz CT molecular complexity index is 419. The van der Waals surface area contributed by atoms with Crippen molar-refractivity contribution in [3.63, 3.8) is 0 Å². The SMILES string of the molecule is O=C(O)[C@H]1CC[C@@H](C(=O)Nc2ccccn2)C1. The molecule has 1 heterocycles. The van der Waals surface area contributed by atoms with Gasteiger partial charge in [-0.2, -0.15) is 0 Å². The van der Waals surface area contributed by atoms with Gasteiger partial charge in [-0.1, -0.05) is 6.07 Å². The Morgan fingerprint density at radius 2 is 2.06 bits per heavy atom. The number of nitrogens with one attached hydrogen (secondary N) is 1. The van der Waals surface area contributed by atoms with Crippen molar-refractivity contribution in [2.75, 3.05) is 5.32 Å². The van der Waals surface area contributed by atoms with Crippen LogP contribution in [0.2, 0.25) is 0 Å². The Balaban J connectivity index is 1.92. The van der Waals surface area contributed by atoms with Crippen LogP contribution < -0.4 is 5.32 Å². The summed E-state index contributed by atoms with van der Waals surface area (Å²) in [6.07, 6.45) is 3.24. The van der Waals surface area contributed by atoms with Crippen molar-refractivity contribution in [1.29, 1.82) is 0 Å². The first-order valence-electron chi connectivity index (χ1n) is 5.61. The minimum absolute atomic E-state index is 0.132. The molecule has 0 aromatic carbocycles. The zero-order chi connectivity index (χ0) is 12.3. The summed E-state index contributed by atoms with van der Waals surface area (Å²) in [5.41, 5.74) is 0. The van der Waals surface area contributed by atoms with E-state index in [1.807, 2.05) is 0 Å². The minimum Gasteiger partial charge on any atom is -0.481 e. The van der Waals surface area contributed by atoms with Crippen LogP contribution in [-0.2, 0) is 9.59 Å². The number of amides is 1. The predicted octanol–water partition coefficient (Wildman–Crippen LogP) is 1.52.